The number of carbonyl (C=O) groups is 2. The fraction of sp³-hybridized carbons (Fsp3) is 0.383. The van der Waals surface area contributed by atoms with Crippen molar-refractivity contribution in [3.63, 3.8) is 0 Å². The van der Waals surface area contributed by atoms with E-state index in [0.717, 1.165) is 76.8 Å². The maximum absolute atomic E-state index is 13.1. The van der Waals surface area contributed by atoms with Gasteiger partial charge in [-0.15, -0.1) is 0 Å². The Hall–Kier alpha value is -5.78. The number of aryl methyl sites for hydroxylation is 1. The monoisotopic (exact) mass is 940 g/mol. The van der Waals surface area contributed by atoms with Crippen LogP contribution in [0.4, 0.5) is 13.2 Å². The normalized spacial score (nSPS) is 14.6. The van der Waals surface area contributed by atoms with E-state index in [2.05, 4.69) is 23.4 Å². The molecule has 1 amide bonds. The van der Waals surface area contributed by atoms with Crippen LogP contribution in [-0.2, 0) is 40.3 Å². The van der Waals surface area contributed by atoms with Crippen molar-refractivity contribution in [2.45, 2.75) is 88.3 Å². The Morgan fingerprint density at radius 1 is 0.969 bits per heavy atom. The molecule has 1 unspecified atom stereocenters. The number of carboxylic acid groups (broad SMARTS) is 1. The van der Waals surface area contributed by atoms with E-state index >= 15 is 0 Å². The third kappa shape index (κ3) is 12.7. The zero-order valence-electron chi connectivity index (χ0n) is 36.3. The molecular formula is C47H52ClF3N4O9S. The molecule has 4 N–H and O–H groups in total. The first-order chi connectivity index (χ1) is 31.0. The number of aliphatic carboxylic acids is 1. The Balaban J connectivity index is 0.000000233. The highest BCUT2D eigenvalue weighted by Gasteiger charge is 2.35. The van der Waals surface area contributed by atoms with Crippen LogP contribution < -0.4 is 29.4 Å². The predicted octanol–water partition coefficient (Wildman–Crippen LogP) is 9.23. The van der Waals surface area contributed by atoms with Crippen LogP contribution >= 0.6 is 11.6 Å². The molecule has 0 radical (unpaired) electrons. The third-order valence-corrected chi connectivity index (χ3v) is 12.1. The minimum Gasteiger partial charge on any atom is -0.495 e. The Morgan fingerprint density at radius 2 is 1.63 bits per heavy atom. The minimum absolute atomic E-state index is 0.0792. The Bertz CT molecular complexity index is 2570. The molecule has 5 aromatic rings. The van der Waals surface area contributed by atoms with Gasteiger partial charge in [0.25, 0.3) is 5.91 Å². The number of aromatic nitrogens is 2. The van der Waals surface area contributed by atoms with E-state index < -0.39 is 27.9 Å². The largest absolute Gasteiger partial charge is 0.495 e. The van der Waals surface area contributed by atoms with Gasteiger partial charge in [0.1, 0.15) is 23.0 Å². The summed E-state index contributed by atoms with van der Waals surface area (Å²) >= 11 is 5.82. The molecule has 0 bridgehead atoms. The maximum Gasteiger partial charge on any atom is 0.435 e. The molecule has 1 atom stereocenters. The number of amides is 1. The van der Waals surface area contributed by atoms with Crippen LogP contribution in [0.1, 0.15) is 84.6 Å². The first-order valence-electron chi connectivity index (χ1n) is 21.3. The summed E-state index contributed by atoms with van der Waals surface area (Å²) in [4.78, 5) is 23.2. The van der Waals surface area contributed by atoms with Crippen LogP contribution in [0.5, 0.6) is 23.0 Å². The second-order valence-electron chi connectivity index (χ2n) is 15.8. The molecule has 13 nitrogen and oxygen atoms in total. The van der Waals surface area contributed by atoms with Crippen molar-refractivity contribution in [3.8, 4) is 39.9 Å². The highest BCUT2D eigenvalue weighted by molar-refractivity contribution is 7.89. The van der Waals surface area contributed by atoms with E-state index in [1.165, 1.54) is 37.1 Å². The number of halogens is 4. The molecule has 7 rings (SSSR count). The minimum atomic E-state index is -4.63. The maximum atomic E-state index is 13.1. The smallest absolute Gasteiger partial charge is 0.435 e. The highest BCUT2D eigenvalue weighted by Crippen LogP contribution is 2.42. The molecule has 4 aromatic carbocycles. The molecule has 1 saturated carbocycles. The third-order valence-electron chi connectivity index (χ3n) is 10.9. The first-order valence-corrected chi connectivity index (χ1v) is 23.2. The van der Waals surface area contributed by atoms with Gasteiger partial charge in [-0.1, -0.05) is 43.1 Å². The molecule has 0 saturated heterocycles. The second-order valence-corrected chi connectivity index (χ2v) is 17.8. The lowest BCUT2D eigenvalue weighted by molar-refractivity contribution is -0.141. The van der Waals surface area contributed by atoms with Crippen LogP contribution in [0.2, 0.25) is 5.02 Å². The molecule has 2 heterocycles. The summed E-state index contributed by atoms with van der Waals surface area (Å²) in [6.07, 6.45) is 3.32. The quantitative estimate of drug-likeness (QED) is 0.0717. The SMILES string of the molecule is CCCc1c(OCCCOc2ccc(C(=O)NC)c(OC)c2CC2CC2)ccc2c1OC(CCC(=O)O)CC2.NS(=O)(=O)c1ccc(-n2nc(C(F)(F)F)cc2-c2ccc(Cl)cc2)cc1. The number of nitrogens with one attached hydrogen (secondary N) is 1. The van der Waals surface area contributed by atoms with Gasteiger partial charge in [0.15, 0.2) is 5.69 Å². The molecule has 0 spiro atoms. The van der Waals surface area contributed by atoms with Crippen LogP contribution in [-0.4, -0.2) is 68.7 Å². The van der Waals surface area contributed by atoms with Gasteiger partial charge in [-0.05, 0) is 117 Å². The standard InChI is InChI=1S/C31H41NO7.C16H11ClF3N3O2S/c1-4-6-23-26(14-10-21-9-11-22(39-29(21)23)12-16-28(33)34)37-17-5-18-38-27-15-13-24(31(35)32-2)30(36-3)25(27)19-20-7-8-20;17-11-3-1-10(2-4-11)14-9-15(16(18,19)20)22-23(14)12-5-7-13(8-6-12)26(21,24)25/h10,13-15,20,22H,4-9,11-12,16-19H2,1-3H3,(H,32,35)(H,33,34);1-9H,(H2,21,24,25). The van der Waals surface area contributed by atoms with E-state index in [-0.39, 0.29) is 34.7 Å². The molecule has 1 aromatic heterocycles. The van der Waals surface area contributed by atoms with E-state index in [9.17, 15) is 31.2 Å². The second kappa shape index (κ2) is 21.5. The van der Waals surface area contributed by atoms with Gasteiger partial charge < -0.3 is 29.4 Å². The number of nitrogens with zero attached hydrogens (tertiary/aromatic N) is 2. The average Bonchev–Trinajstić information content (AvgIpc) is 3.98. The topological polar surface area (TPSA) is 181 Å². The highest BCUT2D eigenvalue weighted by atomic mass is 35.5. The summed E-state index contributed by atoms with van der Waals surface area (Å²) in [6, 6.07) is 19.9. The number of rotatable bonds is 18. The van der Waals surface area contributed by atoms with Crippen LogP contribution in [0.25, 0.3) is 16.9 Å². The van der Waals surface area contributed by atoms with Crippen LogP contribution in [0.15, 0.2) is 83.8 Å². The number of primary sulfonamides is 1. The summed E-state index contributed by atoms with van der Waals surface area (Å²) in [5.41, 5.74) is 3.53. The van der Waals surface area contributed by atoms with Crippen molar-refractivity contribution in [1.82, 2.24) is 15.1 Å². The van der Waals surface area contributed by atoms with Gasteiger partial charge in [0, 0.05) is 41.6 Å². The number of hydrogen-bond donors (Lipinski definition) is 3. The summed E-state index contributed by atoms with van der Waals surface area (Å²) in [5.74, 6) is 2.69. The molecule has 348 valence electrons. The molecule has 18 heteroatoms. The van der Waals surface area contributed by atoms with Crippen molar-refractivity contribution in [3.05, 3.63) is 112 Å². The number of benzene rings is 4. The lowest BCUT2D eigenvalue weighted by Gasteiger charge is -2.29. The van der Waals surface area contributed by atoms with Crippen LogP contribution in [0, 0.1) is 5.92 Å². The van der Waals surface area contributed by atoms with Gasteiger partial charge in [0.05, 0.1) is 48.3 Å². The number of ether oxygens (including phenoxy) is 4. The molecular weight excluding hydrogens is 889 g/mol. The van der Waals surface area contributed by atoms with Crippen molar-refractivity contribution >= 4 is 33.5 Å². The number of methoxy groups -OCH3 is 1. The van der Waals surface area contributed by atoms with Gasteiger partial charge in [-0.2, -0.15) is 18.3 Å². The summed E-state index contributed by atoms with van der Waals surface area (Å²) in [5, 5.41) is 20.8. The number of nitrogens with two attached hydrogens (primary N) is 1. The van der Waals surface area contributed by atoms with E-state index in [4.69, 9.17) is 40.8 Å². The number of sulfonamides is 1. The zero-order chi connectivity index (χ0) is 46.9. The van der Waals surface area contributed by atoms with Gasteiger partial charge in [0.2, 0.25) is 10.0 Å². The fourth-order valence-corrected chi connectivity index (χ4v) is 8.13. The summed E-state index contributed by atoms with van der Waals surface area (Å²) < 4.78 is 87.4. The molecule has 2 aliphatic rings. The number of carbonyl (C=O) groups excluding carboxylic acids is 1. The van der Waals surface area contributed by atoms with E-state index in [0.29, 0.717) is 53.9 Å². The first kappa shape index (κ1) is 48.7. The molecule has 1 fully saturated rings. The molecule has 1 aliphatic heterocycles. The van der Waals surface area contributed by atoms with Crippen molar-refractivity contribution in [1.29, 1.82) is 0 Å². The Morgan fingerprint density at radius 3 is 2.22 bits per heavy atom. The Labute approximate surface area is 381 Å². The van der Waals surface area contributed by atoms with Crippen molar-refractivity contribution in [2.75, 3.05) is 27.4 Å². The van der Waals surface area contributed by atoms with Gasteiger partial charge in [-0.25, -0.2) is 18.2 Å². The molecule has 65 heavy (non-hydrogen) atoms. The average molecular weight is 941 g/mol. The van der Waals surface area contributed by atoms with Gasteiger partial charge in [-0.3, -0.25) is 9.59 Å². The van der Waals surface area contributed by atoms with E-state index in [1.54, 1.807) is 44.5 Å². The van der Waals surface area contributed by atoms with E-state index in [1.807, 2.05) is 12.1 Å². The zero-order valence-corrected chi connectivity index (χ0v) is 37.8. The summed E-state index contributed by atoms with van der Waals surface area (Å²) in [7, 11) is -0.697. The molecule has 1 aliphatic carbocycles. The van der Waals surface area contributed by atoms with Gasteiger partial charge >= 0.3 is 12.1 Å². The number of hydrogen-bond acceptors (Lipinski definition) is 9. The number of carboxylic acids is 1. The lowest BCUT2D eigenvalue weighted by atomic mass is 9.95. The fourth-order valence-electron chi connectivity index (χ4n) is 7.49. The van der Waals surface area contributed by atoms with Crippen LogP contribution in [0.3, 0.4) is 0 Å². The predicted molar refractivity (Wildman–Crippen MR) is 239 cm³/mol. The summed E-state index contributed by atoms with van der Waals surface area (Å²) in [6.45, 7) is 3.09. The van der Waals surface area contributed by atoms with Crippen molar-refractivity contribution in [2.24, 2.45) is 11.1 Å². The number of alkyl halides is 3. The Kier molecular flexibility index (Phi) is 16.1. The number of fused-ring (bicyclic) bond motifs is 1. The van der Waals surface area contributed by atoms with Crippen molar-refractivity contribution < 1.29 is 55.2 Å². The lowest BCUT2D eigenvalue weighted by Crippen LogP contribution is -2.24.